The Bertz CT molecular complexity index is 878. The van der Waals surface area contributed by atoms with Crippen molar-refractivity contribution >= 4 is 23.6 Å². The number of aryl methyl sites for hydroxylation is 2. The van der Waals surface area contributed by atoms with Gasteiger partial charge >= 0.3 is 12.0 Å². The fourth-order valence-electron chi connectivity index (χ4n) is 2.92. The van der Waals surface area contributed by atoms with Crippen molar-refractivity contribution in [3.05, 3.63) is 64.2 Å². The lowest BCUT2D eigenvalue weighted by molar-refractivity contribution is 0.0698. The number of urea groups is 1. The predicted octanol–water partition coefficient (Wildman–Crippen LogP) is 2.94. The van der Waals surface area contributed by atoms with E-state index >= 15 is 0 Å². The highest BCUT2D eigenvalue weighted by Gasteiger charge is 2.19. The second-order valence-electron chi connectivity index (χ2n) is 5.99. The van der Waals surface area contributed by atoms with Gasteiger partial charge in [-0.05, 0) is 42.2 Å². The van der Waals surface area contributed by atoms with Crippen molar-refractivity contribution < 1.29 is 19.5 Å². The number of carboxylic acids is 1. The van der Waals surface area contributed by atoms with Crippen LogP contribution in [-0.4, -0.2) is 30.1 Å². The molecule has 0 saturated carbocycles. The standard InChI is InChI=1S/C20H23N3O4/c1-4-13-8-5-7-12(2)16(13)11-22-20(27)23-18(24)14-9-6-10-15(19(25)26)17(14)21-3/h5-10,21H,4,11H2,1-3H3,(H,25,26)(H2,22,23,24,27). The number of amides is 3. The van der Waals surface area contributed by atoms with Crippen LogP contribution >= 0.6 is 0 Å². The van der Waals surface area contributed by atoms with Crippen molar-refractivity contribution in [3.63, 3.8) is 0 Å². The molecule has 0 unspecified atom stereocenters. The molecule has 0 bridgehead atoms. The second-order valence-corrected chi connectivity index (χ2v) is 5.99. The molecule has 0 aromatic heterocycles. The van der Waals surface area contributed by atoms with Crippen LogP contribution in [0.5, 0.6) is 0 Å². The van der Waals surface area contributed by atoms with Crippen LogP contribution in [0, 0.1) is 6.92 Å². The van der Waals surface area contributed by atoms with E-state index in [1.54, 1.807) is 0 Å². The minimum Gasteiger partial charge on any atom is -0.478 e. The summed E-state index contributed by atoms with van der Waals surface area (Å²) in [6, 6.07) is 9.59. The van der Waals surface area contributed by atoms with E-state index in [0.717, 1.165) is 23.1 Å². The number of aromatic carboxylic acids is 1. The Morgan fingerprint density at radius 2 is 1.70 bits per heavy atom. The Morgan fingerprint density at radius 1 is 1.04 bits per heavy atom. The monoisotopic (exact) mass is 369 g/mol. The highest BCUT2D eigenvalue weighted by Crippen LogP contribution is 2.21. The number of carbonyl (C=O) groups excluding carboxylic acids is 2. The van der Waals surface area contributed by atoms with E-state index in [-0.39, 0.29) is 16.8 Å². The van der Waals surface area contributed by atoms with E-state index < -0.39 is 17.9 Å². The number of imide groups is 1. The van der Waals surface area contributed by atoms with Crippen molar-refractivity contribution in [3.8, 4) is 0 Å². The topological polar surface area (TPSA) is 108 Å². The normalized spacial score (nSPS) is 10.2. The number of carbonyl (C=O) groups is 3. The van der Waals surface area contributed by atoms with E-state index in [1.165, 1.54) is 25.2 Å². The summed E-state index contributed by atoms with van der Waals surface area (Å²) in [5.41, 5.74) is 3.41. The van der Waals surface area contributed by atoms with Crippen LogP contribution in [0.15, 0.2) is 36.4 Å². The molecule has 2 aromatic carbocycles. The molecule has 0 atom stereocenters. The van der Waals surface area contributed by atoms with E-state index in [1.807, 2.05) is 32.0 Å². The zero-order valence-electron chi connectivity index (χ0n) is 15.6. The van der Waals surface area contributed by atoms with Gasteiger partial charge in [0.1, 0.15) is 0 Å². The number of para-hydroxylation sites is 1. The van der Waals surface area contributed by atoms with Gasteiger partial charge in [-0.3, -0.25) is 10.1 Å². The molecular weight excluding hydrogens is 346 g/mol. The van der Waals surface area contributed by atoms with Crippen LogP contribution in [-0.2, 0) is 13.0 Å². The maximum absolute atomic E-state index is 12.4. The molecule has 27 heavy (non-hydrogen) atoms. The summed E-state index contributed by atoms with van der Waals surface area (Å²) in [7, 11) is 1.52. The number of hydrogen-bond acceptors (Lipinski definition) is 4. The largest absolute Gasteiger partial charge is 0.478 e. The molecule has 0 heterocycles. The molecule has 0 radical (unpaired) electrons. The summed E-state index contributed by atoms with van der Waals surface area (Å²) in [5, 5.41) is 16.9. The first-order chi connectivity index (χ1) is 12.9. The Hall–Kier alpha value is -3.35. The number of rotatable bonds is 6. The Balaban J connectivity index is 2.10. The molecule has 7 heteroatoms. The van der Waals surface area contributed by atoms with Gasteiger partial charge in [0.25, 0.3) is 5.91 Å². The third kappa shape index (κ3) is 4.63. The molecule has 142 valence electrons. The van der Waals surface area contributed by atoms with Gasteiger partial charge in [0, 0.05) is 13.6 Å². The summed E-state index contributed by atoms with van der Waals surface area (Å²) in [5.74, 6) is -1.84. The van der Waals surface area contributed by atoms with Crippen molar-refractivity contribution in [1.82, 2.24) is 10.6 Å². The zero-order chi connectivity index (χ0) is 20.0. The molecule has 2 aromatic rings. The highest BCUT2D eigenvalue weighted by atomic mass is 16.4. The molecular formula is C20H23N3O4. The average Bonchev–Trinajstić information content (AvgIpc) is 2.65. The third-order valence-electron chi connectivity index (χ3n) is 4.33. The van der Waals surface area contributed by atoms with Gasteiger partial charge in [-0.1, -0.05) is 31.2 Å². The molecule has 0 saturated heterocycles. The van der Waals surface area contributed by atoms with Crippen LogP contribution in [0.1, 0.15) is 44.3 Å². The Kier molecular flexibility index (Phi) is 6.54. The molecule has 4 N–H and O–H groups in total. The smallest absolute Gasteiger partial charge is 0.337 e. The van der Waals surface area contributed by atoms with E-state index in [0.29, 0.717) is 6.54 Å². The minimum absolute atomic E-state index is 0.0435. The summed E-state index contributed by atoms with van der Waals surface area (Å²) < 4.78 is 0. The van der Waals surface area contributed by atoms with Gasteiger partial charge in [0.2, 0.25) is 0 Å². The SMILES string of the molecule is CCc1cccc(C)c1CNC(=O)NC(=O)c1cccc(C(=O)O)c1NC. The van der Waals surface area contributed by atoms with Gasteiger partial charge < -0.3 is 15.7 Å². The summed E-state index contributed by atoms with van der Waals surface area (Å²) >= 11 is 0. The third-order valence-corrected chi connectivity index (χ3v) is 4.33. The van der Waals surface area contributed by atoms with Crippen LogP contribution < -0.4 is 16.0 Å². The molecule has 0 spiro atoms. The quantitative estimate of drug-likeness (QED) is 0.626. The van der Waals surface area contributed by atoms with Crippen LogP contribution in [0.3, 0.4) is 0 Å². The van der Waals surface area contributed by atoms with Gasteiger partial charge in [-0.15, -0.1) is 0 Å². The lowest BCUT2D eigenvalue weighted by Gasteiger charge is -2.14. The number of carboxylic acid groups (broad SMARTS) is 1. The molecule has 0 fully saturated rings. The Morgan fingerprint density at radius 3 is 2.33 bits per heavy atom. The van der Waals surface area contributed by atoms with Crippen LogP contribution in [0.4, 0.5) is 10.5 Å². The molecule has 0 aliphatic rings. The first-order valence-electron chi connectivity index (χ1n) is 8.59. The van der Waals surface area contributed by atoms with Crippen LogP contribution in [0.25, 0.3) is 0 Å². The van der Waals surface area contributed by atoms with E-state index in [4.69, 9.17) is 0 Å². The first-order valence-corrected chi connectivity index (χ1v) is 8.59. The van der Waals surface area contributed by atoms with Crippen molar-refractivity contribution in [2.75, 3.05) is 12.4 Å². The molecule has 0 aliphatic carbocycles. The lowest BCUT2D eigenvalue weighted by Crippen LogP contribution is -2.39. The maximum atomic E-state index is 12.4. The first kappa shape index (κ1) is 20.0. The molecule has 7 nitrogen and oxygen atoms in total. The second kappa shape index (κ2) is 8.84. The van der Waals surface area contributed by atoms with Gasteiger partial charge in [-0.25, -0.2) is 9.59 Å². The summed E-state index contributed by atoms with van der Waals surface area (Å²) in [4.78, 5) is 35.8. The van der Waals surface area contributed by atoms with E-state index in [2.05, 4.69) is 16.0 Å². The molecule has 3 amide bonds. The highest BCUT2D eigenvalue weighted by molar-refractivity contribution is 6.10. The fraction of sp³-hybridized carbons (Fsp3) is 0.250. The van der Waals surface area contributed by atoms with Gasteiger partial charge in [0.05, 0.1) is 16.8 Å². The van der Waals surface area contributed by atoms with Crippen molar-refractivity contribution in [1.29, 1.82) is 0 Å². The van der Waals surface area contributed by atoms with Crippen LogP contribution in [0.2, 0.25) is 0 Å². The number of nitrogens with one attached hydrogen (secondary N) is 3. The number of benzene rings is 2. The summed E-state index contributed by atoms with van der Waals surface area (Å²) in [6.45, 7) is 4.30. The Labute approximate surface area is 157 Å². The molecule has 0 aliphatic heterocycles. The number of hydrogen-bond donors (Lipinski definition) is 4. The van der Waals surface area contributed by atoms with Gasteiger partial charge in [-0.2, -0.15) is 0 Å². The van der Waals surface area contributed by atoms with Gasteiger partial charge in [0.15, 0.2) is 0 Å². The van der Waals surface area contributed by atoms with Crippen molar-refractivity contribution in [2.24, 2.45) is 0 Å². The minimum atomic E-state index is -1.16. The zero-order valence-corrected chi connectivity index (χ0v) is 15.6. The fourth-order valence-corrected chi connectivity index (χ4v) is 2.92. The molecule has 2 rings (SSSR count). The average molecular weight is 369 g/mol. The summed E-state index contributed by atoms with van der Waals surface area (Å²) in [6.07, 6.45) is 0.840. The predicted molar refractivity (Wildman–Crippen MR) is 103 cm³/mol. The van der Waals surface area contributed by atoms with E-state index in [9.17, 15) is 19.5 Å². The maximum Gasteiger partial charge on any atom is 0.337 e. The number of anilines is 1. The lowest BCUT2D eigenvalue weighted by atomic mass is 10.0. The van der Waals surface area contributed by atoms with Crippen molar-refractivity contribution in [2.45, 2.75) is 26.8 Å².